The van der Waals surface area contributed by atoms with Crippen molar-refractivity contribution in [3.8, 4) is 0 Å². The fourth-order valence-electron chi connectivity index (χ4n) is 2.98. The third-order valence-corrected chi connectivity index (χ3v) is 4.10. The summed E-state index contributed by atoms with van der Waals surface area (Å²) in [5.74, 6) is -0.129. The molecule has 0 radical (unpaired) electrons. The molecule has 0 aliphatic heterocycles. The van der Waals surface area contributed by atoms with Crippen LogP contribution in [0.2, 0.25) is 0 Å². The Bertz CT molecular complexity index is 483. The van der Waals surface area contributed by atoms with Crippen LogP contribution in [0.3, 0.4) is 0 Å². The Labute approximate surface area is 131 Å². The maximum atomic E-state index is 11.9. The maximum Gasteiger partial charge on any atom is 0.308 e. The number of rotatable bonds is 6. The van der Waals surface area contributed by atoms with E-state index in [4.69, 9.17) is 9.47 Å². The summed E-state index contributed by atoms with van der Waals surface area (Å²) in [6.45, 7) is 2.55. The smallest absolute Gasteiger partial charge is 0.308 e. The highest BCUT2D eigenvalue weighted by atomic mass is 16.5. The highest BCUT2D eigenvalue weighted by Gasteiger charge is 2.29. The average molecular weight is 304 g/mol. The van der Waals surface area contributed by atoms with E-state index in [1.54, 1.807) is 0 Å². The summed E-state index contributed by atoms with van der Waals surface area (Å²) in [6.07, 6.45) is 3.95. The fraction of sp³-hybridized carbons (Fsp3) is 0.556. The van der Waals surface area contributed by atoms with Gasteiger partial charge in [0, 0.05) is 6.42 Å². The molecule has 4 heteroatoms. The zero-order chi connectivity index (χ0) is 15.8. The predicted octanol–water partition coefficient (Wildman–Crippen LogP) is 3.49. The Kier molecular flexibility index (Phi) is 6.44. The third kappa shape index (κ3) is 5.17. The van der Waals surface area contributed by atoms with E-state index in [0.29, 0.717) is 19.6 Å². The molecule has 1 aliphatic carbocycles. The van der Waals surface area contributed by atoms with Crippen LogP contribution in [0.4, 0.5) is 0 Å². The minimum Gasteiger partial charge on any atom is -0.466 e. The Morgan fingerprint density at radius 2 is 1.91 bits per heavy atom. The maximum absolute atomic E-state index is 11.9. The molecule has 120 valence electrons. The van der Waals surface area contributed by atoms with Gasteiger partial charge in [-0.25, -0.2) is 0 Å². The van der Waals surface area contributed by atoms with E-state index >= 15 is 0 Å². The van der Waals surface area contributed by atoms with Gasteiger partial charge in [-0.3, -0.25) is 9.59 Å². The molecule has 0 saturated heterocycles. The number of hydrogen-bond donors (Lipinski definition) is 0. The zero-order valence-electron chi connectivity index (χ0n) is 13.1. The van der Waals surface area contributed by atoms with E-state index < -0.39 is 0 Å². The Morgan fingerprint density at radius 3 is 2.64 bits per heavy atom. The van der Waals surface area contributed by atoms with Gasteiger partial charge in [0.15, 0.2) is 0 Å². The van der Waals surface area contributed by atoms with Gasteiger partial charge in [0.2, 0.25) is 0 Å². The molecule has 1 aliphatic rings. The lowest BCUT2D eigenvalue weighted by molar-refractivity contribution is -0.152. The molecular formula is C18H24O4. The zero-order valence-corrected chi connectivity index (χ0v) is 13.1. The summed E-state index contributed by atoms with van der Waals surface area (Å²) in [7, 11) is 0. The monoisotopic (exact) mass is 304 g/mol. The number of carbonyl (C=O) groups excluding carboxylic acids is 2. The molecular weight excluding hydrogens is 280 g/mol. The van der Waals surface area contributed by atoms with Crippen LogP contribution in [0.25, 0.3) is 0 Å². The van der Waals surface area contributed by atoms with Crippen LogP contribution in [0, 0.1) is 11.8 Å². The van der Waals surface area contributed by atoms with E-state index in [-0.39, 0.29) is 23.8 Å². The van der Waals surface area contributed by atoms with Crippen molar-refractivity contribution in [3.05, 3.63) is 35.9 Å². The number of ether oxygens (including phenoxy) is 2. The van der Waals surface area contributed by atoms with E-state index in [9.17, 15) is 9.59 Å². The first-order valence-electron chi connectivity index (χ1n) is 8.05. The molecule has 4 nitrogen and oxygen atoms in total. The number of hydrogen-bond acceptors (Lipinski definition) is 4. The summed E-state index contributed by atoms with van der Waals surface area (Å²) in [5.41, 5.74) is 0.990. The van der Waals surface area contributed by atoms with Crippen LogP contribution in [0.15, 0.2) is 30.3 Å². The topological polar surface area (TPSA) is 52.6 Å². The Hall–Kier alpha value is -1.84. The van der Waals surface area contributed by atoms with Crippen molar-refractivity contribution < 1.29 is 19.1 Å². The average Bonchev–Trinajstić information content (AvgIpc) is 2.54. The second kappa shape index (κ2) is 8.57. The number of benzene rings is 1. The lowest BCUT2D eigenvalue weighted by Crippen LogP contribution is -2.26. The van der Waals surface area contributed by atoms with E-state index in [0.717, 1.165) is 31.2 Å². The summed E-state index contributed by atoms with van der Waals surface area (Å²) in [5, 5.41) is 0. The van der Waals surface area contributed by atoms with Crippen LogP contribution in [0.5, 0.6) is 0 Å². The first-order valence-corrected chi connectivity index (χ1v) is 8.05. The van der Waals surface area contributed by atoms with Gasteiger partial charge < -0.3 is 9.47 Å². The second-order valence-electron chi connectivity index (χ2n) is 5.83. The highest BCUT2D eigenvalue weighted by molar-refractivity contribution is 5.73. The quantitative estimate of drug-likeness (QED) is 0.755. The van der Waals surface area contributed by atoms with Crippen molar-refractivity contribution in [2.75, 3.05) is 6.61 Å². The molecule has 22 heavy (non-hydrogen) atoms. The SMILES string of the molecule is CCOC(=O)[C@@H]1CCC[C@H](CC(=O)OCc2ccccc2)C1. The van der Waals surface area contributed by atoms with Gasteiger partial charge in [-0.2, -0.15) is 0 Å². The molecule has 0 spiro atoms. The molecule has 0 aromatic heterocycles. The molecule has 2 atom stereocenters. The van der Waals surface area contributed by atoms with Gasteiger partial charge in [-0.15, -0.1) is 0 Å². The Morgan fingerprint density at radius 1 is 1.14 bits per heavy atom. The molecule has 1 saturated carbocycles. The lowest BCUT2D eigenvalue weighted by Gasteiger charge is -2.27. The first-order chi connectivity index (χ1) is 10.7. The summed E-state index contributed by atoms with van der Waals surface area (Å²) in [6, 6.07) is 9.65. The minimum absolute atomic E-state index is 0.0550. The summed E-state index contributed by atoms with van der Waals surface area (Å²) < 4.78 is 10.4. The predicted molar refractivity (Wildman–Crippen MR) is 82.9 cm³/mol. The molecule has 1 fully saturated rings. The molecule has 1 aromatic carbocycles. The molecule has 0 N–H and O–H groups in total. The molecule has 0 amide bonds. The number of esters is 2. The van der Waals surface area contributed by atoms with Crippen LogP contribution in [0.1, 0.15) is 44.6 Å². The molecule has 0 unspecified atom stereocenters. The highest BCUT2D eigenvalue weighted by Crippen LogP contribution is 2.32. The molecule has 1 aromatic rings. The third-order valence-electron chi connectivity index (χ3n) is 4.10. The van der Waals surface area contributed by atoms with Gasteiger partial charge in [0.1, 0.15) is 6.61 Å². The number of carbonyl (C=O) groups is 2. The first kappa shape index (κ1) is 16.5. The van der Waals surface area contributed by atoms with E-state index in [2.05, 4.69) is 0 Å². The minimum atomic E-state index is -0.182. The van der Waals surface area contributed by atoms with Gasteiger partial charge >= 0.3 is 11.9 Å². The second-order valence-corrected chi connectivity index (χ2v) is 5.83. The largest absolute Gasteiger partial charge is 0.466 e. The summed E-state index contributed by atoms with van der Waals surface area (Å²) >= 11 is 0. The van der Waals surface area contributed by atoms with Crippen LogP contribution < -0.4 is 0 Å². The van der Waals surface area contributed by atoms with Gasteiger partial charge in [-0.1, -0.05) is 36.8 Å². The van der Waals surface area contributed by atoms with E-state index in [1.807, 2.05) is 37.3 Å². The van der Waals surface area contributed by atoms with Crippen molar-refractivity contribution in [2.45, 2.75) is 45.6 Å². The molecule has 0 bridgehead atoms. The normalized spacial score (nSPS) is 21.1. The molecule has 0 heterocycles. The van der Waals surface area contributed by atoms with Crippen LogP contribution in [-0.2, 0) is 25.7 Å². The van der Waals surface area contributed by atoms with Gasteiger partial charge in [0.05, 0.1) is 12.5 Å². The van der Waals surface area contributed by atoms with Crippen molar-refractivity contribution >= 4 is 11.9 Å². The van der Waals surface area contributed by atoms with Crippen molar-refractivity contribution in [3.63, 3.8) is 0 Å². The van der Waals surface area contributed by atoms with Crippen molar-refractivity contribution in [2.24, 2.45) is 11.8 Å². The van der Waals surface area contributed by atoms with Gasteiger partial charge in [0.25, 0.3) is 0 Å². The summed E-state index contributed by atoms with van der Waals surface area (Å²) in [4.78, 5) is 23.8. The van der Waals surface area contributed by atoms with E-state index in [1.165, 1.54) is 0 Å². The Balaban J connectivity index is 1.75. The van der Waals surface area contributed by atoms with Gasteiger partial charge in [-0.05, 0) is 37.7 Å². The van der Waals surface area contributed by atoms with Crippen molar-refractivity contribution in [1.29, 1.82) is 0 Å². The fourth-order valence-corrected chi connectivity index (χ4v) is 2.98. The van der Waals surface area contributed by atoms with Crippen LogP contribution >= 0.6 is 0 Å². The standard InChI is InChI=1S/C18H24O4/c1-2-21-18(20)16-10-6-9-15(11-16)12-17(19)22-13-14-7-4-3-5-8-14/h3-5,7-8,15-16H,2,6,9-13H2,1H3/t15-,16+/m0/s1. The van der Waals surface area contributed by atoms with Crippen molar-refractivity contribution in [1.82, 2.24) is 0 Å². The lowest BCUT2D eigenvalue weighted by atomic mass is 9.80. The van der Waals surface area contributed by atoms with Crippen LogP contribution in [-0.4, -0.2) is 18.5 Å². The molecule has 2 rings (SSSR count).